The number of carboxylic acid groups (broad SMARTS) is 1. The molecular formula is C36H27F3N6O4. The van der Waals surface area contributed by atoms with Crippen molar-refractivity contribution < 1.29 is 32.5 Å². The van der Waals surface area contributed by atoms with Gasteiger partial charge in [0.05, 0.1) is 46.7 Å². The van der Waals surface area contributed by atoms with Gasteiger partial charge < -0.3 is 19.1 Å². The third-order valence-corrected chi connectivity index (χ3v) is 8.08. The second-order valence-corrected chi connectivity index (χ2v) is 11.5. The normalized spacial score (nSPS) is 13.9. The molecule has 6 aromatic rings. The van der Waals surface area contributed by atoms with Crippen molar-refractivity contribution in [2.24, 2.45) is 7.05 Å². The highest BCUT2D eigenvalue weighted by Crippen LogP contribution is 2.29. The molecule has 49 heavy (non-hydrogen) atoms. The number of ether oxygens (including phenoxy) is 2. The quantitative estimate of drug-likeness (QED) is 0.155. The molecule has 1 atom stereocenters. The summed E-state index contributed by atoms with van der Waals surface area (Å²) in [5.74, 6) is 2.97. The fraction of sp³-hybridized carbons (Fsp3) is 0.194. The smallest absolute Gasteiger partial charge is 0.335 e. The van der Waals surface area contributed by atoms with E-state index in [-0.39, 0.29) is 58.7 Å². The SMILES string of the molecule is Cn1cc(C#Cc2ccc(COc3cccc(-c4cc(F)c(Cc5nc6ccc(C(=O)O)cc6n5C[C@@H]5CCO5)cc4F)n3)c(F)n2)cn1. The largest absolute Gasteiger partial charge is 0.478 e. The lowest BCUT2D eigenvalue weighted by Gasteiger charge is -2.27. The van der Waals surface area contributed by atoms with Gasteiger partial charge in [-0.3, -0.25) is 4.68 Å². The van der Waals surface area contributed by atoms with Crippen LogP contribution in [-0.4, -0.2) is 53.1 Å². The summed E-state index contributed by atoms with van der Waals surface area (Å²) >= 11 is 0. The summed E-state index contributed by atoms with van der Waals surface area (Å²) in [5.41, 5.74) is 2.38. The van der Waals surface area contributed by atoms with Crippen molar-refractivity contribution >= 4 is 17.0 Å². The van der Waals surface area contributed by atoms with Crippen molar-refractivity contribution in [3.8, 4) is 29.0 Å². The predicted octanol–water partition coefficient (Wildman–Crippen LogP) is 5.70. The molecule has 1 aliphatic rings. The number of aromatic nitrogens is 6. The summed E-state index contributed by atoms with van der Waals surface area (Å²) in [6.07, 6.45) is 4.02. The fourth-order valence-electron chi connectivity index (χ4n) is 5.43. The van der Waals surface area contributed by atoms with Crippen LogP contribution in [0.15, 0.2) is 73.1 Å². The monoisotopic (exact) mass is 664 g/mol. The van der Waals surface area contributed by atoms with Crippen LogP contribution in [0.1, 0.15) is 45.0 Å². The number of benzene rings is 2. The molecule has 10 nitrogen and oxygen atoms in total. The minimum Gasteiger partial charge on any atom is -0.478 e. The Bertz CT molecular complexity index is 2290. The molecule has 0 amide bonds. The average Bonchev–Trinajstić information content (AvgIpc) is 3.64. The van der Waals surface area contributed by atoms with Crippen LogP contribution in [0.2, 0.25) is 0 Å². The van der Waals surface area contributed by atoms with Gasteiger partial charge in [-0.05, 0) is 66.4 Å². The molecule has 0 bridgehead atoms. The zero-order valence-electron chi connectivity index (χ0n) is 26.0. The van der Waals surface area contributed by atoms with Gasteiger partial charge in [0, 0.05) is 43.5 Å². The average molecular weight is 665 g/mol. The van der Waals surface area contributed by atoms with E-state index in [1.54, 1.807) is 46.9 Å². The van der Waals surface area contributed by atoms with Gasteiger partial charge in [-0.1, -0.05) is 12.0 Å². The van der Waals surface area contributed by atoms with Gasteiger partial charge in [-0.15, -0.1) is 0 Å². The molecule has 2 aromatic carbocycles. The first-order chi connectivity index (χ1) is 23.7. The second-order valence-electron chi connectivity index (χ2n) is 11.5. The van der Waals surface area contributed by atoms with E-state index in [9.17, 15) is 14.3 Å². The van der Waals surface area contributed by atoms with Gasteiger partial charge in [0.2, 0.25) is 11.8 Å². The number of hydrogen-bond donors (Lipinski definition) is 1. The molecule has 1 fully saturated rings. The Morgan fingerprint density at radius 1 is 1.02 bits per heavy atom. The van der Waals surface area contributed by atoms with Gasteiger partial charge in [0.25, 0.3) is 0 Å². The number of carbonyl (C=O) groups is 1. The number of aromatic carboxylic acids is 1. The summed E-state index contributed by atoms with van der Waals surface area (Å²) in [6, 6.07) is 14.4. The van der Waals surface area contributed by atoms with Crippen molar-refractivity contribution in [3.63, 3.8) is 0 Å². The molecule has 0 unspecified atom stereocenters. The summed E-state index contributed by atoms with van der Waals surface area (Å²) in [5, 5.41) is 13.5. The van der Waals surface area contributed by atoms with Crippen molar-refractivity contribution in [2.75, 3.05) is 6.61 Å². The maximum absolute atomic E-state index is 15.6. The first-order valence-corrected chi connectivity index (χ1v) is 15.3. The number of fused-ring (bicyclic) bond motifs is 1. The molecule has 0 aliphatic carbocycles. The van der Waals surface area contributed by atoms with Crippen LogP contribution in [0.3, 0.4) is 0 Å². The Morgan fingerprint density at radius 3 is 2.61 bits per heavy atom. The van der Waals surface area contributed by atoms with Gasteiger partial charge >= 0.3 is 5.97 Å². The first-order valence-electron chi connectivity index (χ1n) is 15.3. The van der Waals surface area contributed by atoms with Crippen LogP contribution < -0.4 is 4.74 Å². The summed E-state index contributed by atoms with van der Waals surface area (Å²) in [7, 11) is 1.77. The molecular weight excluding hydrogens is 637 g/mol. The Balaban J connectivity index is 1.08. The molecule has 13 heteroatoms. The van der Waals surface area contributed by atoms with E-state index in [2.05, 4.69) is 31.9 Å². The van der Waals surface area contributed by atoms with Crippen LogP contribution in [-0.2, 0) is 31.4 Å². The standard InChI is InChI=1S/C36H27F3N6O4/c1-44-18-21(17-40-44)5-8-25-9-6-23(35(39)41-25)20-49-34-4-2-3-30(43-34)27-16-28(37)24(13-29(27)38)15-33-42-31-10-7-22(36(46)47)14-32(31)45(33)19-26-11-12-48-26/h2-4,6-7,9-10,13-14,16-18,26H,11-12,15,19-20H2,1H3,(H,46,47)/t26-/m0/s1. The molecule has 0 saturated carbocycles. The zero-order valence-corrected chi connectivity index (χ0v) is 26.0. The van der Waals surface area contributed by atoms with Crippen LogP contribution in [0.5, 0.6) is 5.88 Å². The minimum atomic E-state index is -1.08. The highest BCUT2D eigenvalue weighted by molar-refractivity contribution is 5.92. The van der Waals surface area contributed by atoms with E-state index >= 15 is 8.78 Å². The number of hydrogen-bond acceptors (Lipinski definition) is 7. The summed E-state index contributed by atoms with van der Waals surface area (Å²) < 4.78 is 60.5. The molecule has 1 N–H and O–H groups in total. The van der Waals surface area contributed by atoms with Crippen molar-refractivity contribution in [3.05, 3.63) is 124 Å². The molecule has 5 heterocycles. The maximum atomic E-state index is 15.6. The zero-order chi connectivity index (χ0) is 34.1. The Morgan fingerprint density at radius 2 is 1.88 bits per heavy atom. The fourth-order valence-corrected chi connectivity index (χ4v) is 5.43. The summed E-state index contributed by atoms with van der Waals surface area (Å²) in [4.78, 5) is 24.4. The topological polar surface area (TPSA) is 117 Å². The van der Waals surface area contributed by atoms with Crippen molar-refractivity contribution in [1.82, 2.24) is 29.3 Å². The van der Waals surface area contributed by atoms with E-state index in [4.69, 9.17) is 9.47 Å². The molecule has 0 radical (unpaired) electrons. The van der Waals surface area contributed by atoms with E-state index < -0.39 is 23.6 Å². The summed E-state index contributed by atoms with van der Waals surface area (Å²) in [6.45, 7) is 0.819. The van der Waals surface area contributed by atoms with Gasteiger partial charge in [0.1, 0.15) is 29.8 Å². The lowest BCUT2D eigenvalue weighted by Crippen LogP contribution is -2.31. The number of carboxylic acids is 1. The highest BCUT2D eigenvalue weighted by atomic mass is 19.1. The van der Waals surface area contributed by atoms with Crippen LogP contribution >= 0.6 is 0 Å². The molecule has 4 aromatic heterocycles. The number of nitrogens with zero attached hydrogens (tertiary/aromatic N) is 6. The Kier molecular flexibility index (Phi) is 8.54. The van der Waals surface area contributed by atoms with E-state index in [0.717, 1.165) is 18.6 Å². The highest BCUT2D eigenvalue weighted by Gasteiger charge is 2.24. The van der Waals surface area contributed by atoms with E-state index in [0.29, 0.717) is 35.6 Å². The molecule has 7 rings (SSSR count). The number of imidazole rings is 1. The molecule has 246 valence electrons. The lowest BCUT2D eigenvalue weighted by atomic mass is 10.0. The van der Waals surface area contributed by atoms with Crippen LogP contribution in [0.25, 0.3) is 22.3 Å². The van der Waals surface area contributed by atoms with Gasteiger partial charge in [-0.2, -0.15) is 9.49 Å². The number of pyridine rings is 2. The van der Waals surface area contributed by atoms with Crippen molar-refractivity contribution in [2.45, 2.75) is 32.1 Å². The number of halogens is 3. The molecule has 0 spiro atoms. The third kappa shape index (κ3) is 6.86. The number of aryl methyl sites for hydroxylation is 1. The first kappa shape index (κ1) is 31.6. The maximum Gasteiger partial charge on any atom is 0.335 e. The molecule has 1 saturated heterocycles. The Labute approximate surface area is 277 Å². The second kappa shape index (κ2) is 13.2. The lowest BCUT2D eigenvalue weighted by molar-refractivity contribution is -0.0589. The number of rotatable bonds is 9. The van der Waals surface area contributed by atoms with Crippen LogP contribution in [0, 0.1) is 29.4 Å². The van der Waals surface area contributed by atoms with Gasteiger partial charge in [0.15, 0.2) is 0 Å². The Hall–Kier alpha value is -6.00. The van der Waals surface area contributed by atoms with Gasteiger partial charge in [-0.25, -0.2) is 28.5 Å². The van der Waals surface area contributed by atoms with E-state index in [1.807, 2.05) is 0 Å². The molecule has 1 aliphatic heterocycles. The predicted molar refractivity (Wildman–Crippen MR) is 171 cm³/mol. The third-order valence-electron chi connectivity index (χ3n) is 8.08. The van der Waals surface area contributed by atoms with E-state index in [1.165, 1.54) is 30.3 Å². The van der Waals surface area contributed by atoms with Crippen LogP contribution in [0.4, 0.5) is 13.2 Å². The minimum absolute atomic E-state index is 0.0448. The van der Waals surface area contributed by atoms with Crippen molar-refractivity contribution in [1.29, 1.82) is 0 Å².